The summed E-state index contributed by atoms with van der Waals surface area (Å²) in [7, 11) is 0. The molecule has 0 heterocycles. The molecule has 34 heteroatoms. The molecule has 0 saturated heterocycles. The molecule has 0 spiro atoms. The highest BCUT2D eigenvalue weighted by Gasteiger charge is 2.24. The smallest absolute Gasteiger partial charge is 0.279 e. The number of carbonyl (C=O) groups excluding carboxylic acids is 4. The SMILES string of the molecule is CC(C)(C)CCOCCCC(=O)CC(=O)CCCOCCCc1ccc([N+](=O)[O-])cc1[N+](=O)[O-].CC(C)(C)CCOCCCCC(=O)CC(=O)CCOCCCCc1ccc([N+](=O)[O-])cc1[N+](=O)[O-].CC(C)(C)CCOCCCCc1ccc([N+](=O)[O-])cc1[N+](=O)[O-].CC(C)(C)CCOCCCc1ccc([N+](=O)[O-])cc1[N+](=O)[O-]. The van der Waals surface area contributed by atoms with E-state index in [4.69, 9.17) is 28.4 Å². The second-order valence-corrected chi connectivity index (χ2v) is 32.3. The second-order valence-electron chi connectivity index (χ2n) is 32.3. The Labute approximate surface area is 667 Å². The summed E-state index contributed by atoms with van der Waals surface area (Å²) in [6.07, 6.45) is 13.2. The zero-order valence-electron chi connectivity index (χ0n) is 68.6. The van der Waals surface area contributed by atoms with Gasteiger partial charge in [0.2, 0.25) is 0 Å². The van der Waals surface area contributed by atoms with Crippen molar-refractivity contribution in [2.24, 2.45) is 21.7 Å². The molecule has 0 amide bonds. The van der Waals surface area contributed by atoms with Crippen molar-refractivity contribution in [3.05, 3.63) is 176 Å². The van der Waals surface area contributed by atoms with Crippen molar-refractivity contribution < 1.29 is 87.0 Å². The number of Topliss-reactive ketones (excluding diaryl/α,β-unsaturated/α-hetero) is 4. The zero-order valence-corrected chi connectivity index (χ0v) is 68.6. The Morgan fingerprint density at radius 1 is 0.254 bits per heavy atom. The molecule has 0 atom stereocenters. The van der Waals surface area contributed by atoms with Gasteiger partial charge in [0.1, 0.15) is 23.1 Å². The van der Waals surface area contributed by atoms with Crippen molar-refractivity contribution in [2.75, 3.05) is 79.3 Å². The third kappa shape index (κ3) is 50.6. The summed E-state index contributed by atoms with van der Waals surface area (Å²) < 4.78 is 33.1. The molecule has 0 bridgehead atoms. The Morgan fingerprint density at radius 2 is 0.465 bits per heavy atom. The molecular formula is C80H120N8O26. The molecule has 0 aliphatic carbocycles. The molecule has 4 aromatic carbocycles. The van der Waals surface area contributed by atoms with E-state index in [1.165, 1.54) is 48.5 Å². The molecule has 636 valence electrons. The van der Waals surface area contributed by atoms with Crippen molar-refractivity contribution >= 4 is 68.6 Å². The van der Waals surface area contributed by atoms with Crippen molar-refractivity contribution in [1.82, 2.24) is 0 Å². The summed E-state index contributed by atoms with van der Waals surface area (Å²) in [4.78, 5) is 130. The molecule has 0 aliphatic rings. The van der Waals surface area contributed by atoms with E-state index < -0.39 is 39.4 Å². The van der Waals surface area contributed by atoms with Gasteiger partial charge in [0, 0.05) is 145 Å². The monoisotopic (exact) mass is 1610 g/mol. The molecule has 0 radical (unpaired) electrons. The van der Waals surface area contributed by atoms with Gasteiger partial charge in [-0.05, 0) is 162 Å². The Hall–Kier alpha value is -9.48. The number of ketones is 4. The summed E-state index contributed by atoms with van der Waals surface area (Å²) in [5.41, 5.74) is 0.717. The van der Waals surface area contributed by atoms with Crippen LogP contribution in [0, 0.1) is 103 Å². The number of hydrogen-bond acceptors (Lipinski definition) is 26. The molecule has 0 N–H and O–H groups in total. The van der Waals surface area contributed by atoms with Crippen LogP contribution in [0.3, 0.4) is 0 Å². The molecule has 0 fully saturated rings. The maximum Gasteiger partial charge on any atom is 0.279 e. The van der Waals surface area contributed by atoms with Crippen LogP contribution < -0.4 is 0 Å². The van der Waals surface area contributed by atoms with Crippen molar-refractivity contribution in [2.45, 2.75) is 237 Å². The summed E-state index contributed by atoms with van der Waals surface area (Å²) >= 11 is 0. The highest BCUT2D eigenvalue weighted by molar-refractivity contribution is 5.99. The highest BCUT2D eigenvalue weighted by Crippen LogP contribution is 2.31. The molecule has 0 saturated carbocycles. The first-order valence-electron chi connectivity index (χ1n) is 38.6. The highest BCUT2D eigenvalue weighted by atomic mass is 16.7. The standard InChI is InChI=1S/C25H38N2O8.C24H36N2O8.C16H24N2O5.C15H22N2O5/c1-25(2,3)13-17-35-15-7-5-9-22(28)19-23(29)12-16-34-14-6-4-8-20-10-11-21(26(30)31)18-24(20)27(32)33;1-24(2,3)12-16-34-15-6-9-22(28)18-21(27)8-5-14-33-13-4-7-19-10-11-20(25(29)30)17-23(19)26(31)32;1-16(2,3)9-11-23-10-5-4-6-13-7-8-14(17(19)20)12-15(13)18(21)22;1-15(2,3)8-10-22-9-4-5-12-6-7-13(16(18)19)11-14(12)17(20)21/h10-11,18H,4-9,12-17,19H2,1-3H3;10-11,17H,4-9,12-16,18H2,1-3H3;7-8,12H,4-6,9-11H2,1-3H3;6-7,11H,4-5,8-10H2,1-3H3. The van der Waals surface area contributed by atoms with Crippen molar-refractivity contribution in [3.63, 3.8) is 0 Å². The number of ether oxygens (including phenoxy) is 6. The first kappa shape index (κ1) is 103. The van der Waals surface area contributed by atoms with Gasteiger partial charge in [-0.15, -0.1) is 0 Å². The van der Waals surface area contributed by atoms with E-state index in [2.05, 4.69) is 83.1 Å². The molecule has 114 heavy (non-hydrogen) atoms. The van der Waals surface area contributed by atoms with E-state index in [1.54, 1.807) is 0 Å². The number of nitrogens with zero attached hydrogens (tertiary/aromatic N) is 8. The average molecular weight is 1610 g/mol. The number of aryl methyl sites for hydroxylation is 4. The van der Waals surface area contributed by atoms with E-state index in [9.17, 15) is 100 Å². The zero-order chi connectivity index (χ0) is 86.0. The lowest BCUT2D eigenvalue weighted by Crippen LogP contribution is -2.12. The fourth-order valence-corrected chi connectivity index (χ4v) is 10.3. The minimum absolute atomic E-state index is 0.0608. The minimum atomic E-state index is -0.668. The minimum Gasteiger partial charge on any atom is -0.381 e. The summed E-state index contributed by atoms with van der Waals surface area (Å²) in [5, 5.41) is 87.2. The molecule has 0 aromatic heterocycles. The lowest BCUT2D eigenvalue weighted by Gasteiger charge is -2.17. The lowest BCUT2D eigenvalue weighted by molar-refractivity contribution is -0.394. The first-order chi connectivity index (χ1) is 53.4. The Bertz CT molecular complexity index is 3710. The normalized spacial score (nSPS) is 11.4. The lowest BCUT2D eigenvalue weighted by atomic mass is 9.93. The van der Waals surface area contributed by atoms with Crippen LogP contribution >= 0.6 is 0 Å². The number of hydrogen-bond donors (Lipinski definition) is 0. The van der Waals surface area contributed by atoms with Crippen LogP contribution in [0.4, 0.5) is 45.5 Å². The topological polar surface area (TPSA) is 469 Å². The fourth-order valence-electron chi connectivity index (χ4n) is 10.3. The van der Waals surface area contributed by atoms with Crippen molar-refractivity contribution in [1.29, 1.82) is 0 Å². The first-order valence-corrected chi connectivity index (χ1v) is 38.6. The van der Waals surface area contributed by atoms with Crippen molar-refractivity contribution in [3.8, 4) is 0 Å². The van der Waals surface area contributed by atoms with Crippen LogP contribution in [0.2, 0.25) is 0 Å². The molecule has 0 aliphatic heterocycles. The van der Waals surface area contributed by atoms with Gasteiger partial charge >= 0.3 is 0 Å². The Morgan fingerprint density at radius 3 is 0.719 bits per heavy atom. The maximum atomic E-state index is 11.9. The van der Waals surface area contributed by atoms with Crippen LogP contribution in [-0.4, -0.2) is 142 Å². The summed E-state index contributed by atoms with van der Waals surface area (Å²) in [6, 6.07) is 14.8. The molecule has 34 nitrogen and oxygen atoms in total. The van der Waals surface area contributed by atoms with Crippen LogP contribution in [-0.2, 0) is 73.3 Å². The van der Waals surface area contributed by atoms with Gasteiger partial charge in [-0.25, -0.2) is 0 Å². The largest absolute Gasteiger partial charge is 0.381 e. The third-order valence-electron chi connectivity index (χ3n) is 17.1. The number of rotatable bonds is 54. The molecule has 0 unspecified atom stereocenters. The number of benzene rings is 4. The Kier molecular flexibility index (Phi) is 49.6. The van der Waals surface area contributed by atoms with Crippen LogP contribution in [0.5, 0.6) is 0 Å². The fraction of sp³-hybridized carbons (Fsp3) is 0.650. The van der Waals surface area contributed by atoms with Gasteiger partial charge in [0.05, 0.1) is 83.1 Å². The van der Waals surface area contributed by atoms with E-state index >= 15 is 0 Å². The number of carbonyl (C=O) groups is 4. The predicted octanol–water partition coefficient (Wildman–Crippen LogP) is 18.5. The predicted molar refractivity (Wildman–Crippen MR) is 429 cm³/mol. The second kappa shape index (κ2) is 55.1. The molecular weight excluding hydrogens is 1490 g/mol. The number of nitro groups is 8. The third-order valence-corrected chi connectivity index (χ3v) is 17.1. The van der Waals surface area contributed by atoms with E-state index in [-0.39, 0.29) is 123 Å². The summed E-state index contributed by atoms with van der Waals surface area (Å²) in [6.45, 7) is 32.2. The van der Waals surface area contributed by atoms with Gasteiger partial charge in [-0.3, -0.25) is 100 Å². The number of unbranched alkanes of at least 4 members (excludes halogenated alkanes) is 3. The number of nitro benzene ring substituents is 8. The maximum absolute atomic E-state index is 11.9. The van der Waals surface area contributed by atoms with Gasteiger partial charge in [-0.2, -0.15) is 0 Å². The number of non-ortho nitro benzene ring substituents is 4. The van der Waals surface area contributed by atoms with Gasteiger partial charge in [0.25, 0.3) is 45.5 Å². The van der Waals surface area contributed by atoms with Gasteiger partial charge in [-0.1, -0.05) is 83.1 Å². The van der Waals surface area contributed by atoms with Crippen LogP contribution in [0.15, 0.2) is 72.8 Å². The Balaban J connectivity index is 0.000000775. The van der Waals surface area contributed by atoms with E-state index in [0.717, 1.165) is 69.2 Å². The molecule has 4 rings (SSSR count). The molecule has 4 aromatic rings. The van der Waals surface area contributed by atoms with Crippen LogP contribution in [0.1, 0.15) is 234 Å². The van der Waals surface area contributed by atoms with Gasteiger partial charge in [0.15, 0.2) is 0 Å². The summed E-state index contributed by atoms with van der Waals surface area (Å²) in [5.74, 6) is -0.383. The van der Waals surface area contributed by atoms with E-state index in [1.807, 2.05) is 0 Å². The quantitative estimate of drug-likeness (QED) is 0.0171. The average Bonchev–Trinajstić information content (AvgIpc) is 0.858. The van der Waals surface area contributed by atoms with Crippen LogP contribution in [0.25, 0.3) is 0 Å². The van der Waals surface area contributed by atoms with E-state index in [0.29, 0.717) is 178 Å². The van der Waals surface area contributed by atoms with Gasteiger partial charge < -0.3 is 28.4 Å².